The molecule has 3 rings (SSSR count). The molecule has 1 saturated carbocycles. The van der Waals surface area contributed by atoms with Crippen molar-refractivity contribution in [2.24, 2.45) is 10.4 Å². The summed E-state index contributed by atoms with van der Waals surface area (Å²) in [5.41, 5.74) is 2.48. The Morgan fingerprint density at radius 2 is 2.00 bits per heavy atom. The van der Waals surface area contributed by atoms with E-state index in [1.54, 1.807) is 19.0 Å². The van der Waals surface area contributed by atoms with Crippen LogP contribution in [0.3, 0.4) is 0 Å². The summed E-state index contributed by atoms with van der Waals surface area (Å²) in [6.45, 7) is 3.10. The van der Waals surface area contributed by atoms with Crippen molar-refractivity contribution in [3.63, 3.8) is 0 Å². The van der Waals surface area contributed by atoms with Crippen LogP contribution in [0.4, 0.5) is 0 Å². The highest BCUT2D eigenvalue weighted by Crippen LogP contribution is 2.45. The fraction of sp³-hybridized carbons (Fsp3) is 0.619. The largest absolute Gasteiger partial charge is 0.356 e. The summed E-state index contributed by atoms with van der Waals surface area (Å²) in [5.74, 6) is 1.07. The van der Waals surface area contributed by atoms with Gasteiger partial charge in [-0.25, -0.2) is 0 Å². The van der Waals surface area contributed by atoms with Crippen LogP contribution < -0.4 is 5.32 Å². The van der Waals surface area contributed by atoms with Gasteiger partial charge in [-0.2, -0.15) is 0 Å². The molecule has 1 aromatic carbocycles. The topological polar surface area (TPSA) is 47.9 Å². The number of nitrogens with zero attached hydrogens (tertiary/aromatic N) is 3. The van der Waals surface area contributed by atoms with Crippen LogP contribution in [-0.4, -0.2) is 62.4 Å². The Morgan fingerprint density at radius 3 is 2.67 bits per heavy atom. The van der Waals surface area contributed by atoms with Gasteiger partial charge in [0.25, 0.3) is 5.91 Å². The van der Waals surface area contributed by atoms with Crippen LogP contribution >= 0.6 is 24.0 Å². The van der Waals surface area contributed by atoms with Crippen LogP contribution in [0.15, 0.2) is 29.3 Å². The first kappa shape index (κ1) is 22.0. The van der Waals surface area contributed by atoms with Crippen LogP contribution in [0.2, 0.25) is 0 Å². The molecule has 6 heteroatoms. The number of halogens is 1. The Morgan fingerprint density at radius 1 is 1.26 bits per heavy atom. The summed E-state index contributed by atoms with van der Waals surface area (Å²) in [6.07, 6.45) is 7.74. The normalized spacial score (nSPS) is 18.5. The molecule has 0 unspecified atom stereocenters. The Hall–Kier alpha value is -1.31. The molecular formula is C21H33IN4O. The van der Waals surface area contributed by atoms with Gasteiger partial charge < -0.3 is 15.1 Å². The molecule has 0 atom stereocenters. The quantitative estimate of drug-likeness (QED) is 0.405. The number of likely N-dealkylation sites (tertiary alicyclic amines) is 1. The third-order valence-corrected chi connectivity index (χ3v) is 5.89. The number of hydrogen-bond acceptors (Lipinski definition) is 2. The van der Waals surface area contributed by atoms with Crippen LogP contribution in [0, 0.1) is 5.41 Å². The zero-order chi connectivity index (χ0) is 18.6. The highest BCUT2D eigenvalue weighted by atomic mass is 127. The van der Waals surface area contributed by atoms with Crippen molar-refractivity contribution in [1.82, 2.24) is 15.1 Å². The third kappa shape index (κ3) is 5.36. The van der Waals surface area contributed by atoms with Gasteiger partial charge in [0.2, 0.25) is 0 Å². The molecule has 0 bridgehead atoms. The Balaban J connectivity index is 0.00000261. The smallest absolute Gasteiger partial charge is 0.253 e. The number of benzene rings is 1. The van der Waals surface area contributed by atoms with Crippen molar-refractivity contribution in [3.8, 4) is 0 Å². The lowest BCUT2D eigenvalue weighted by atomic mass is 9.86. The van der Waals surface area contributed by atoms with Gasteiger partial charge in [-0.1, -0.05) is 25.0 Å². The molecule has 1 heterocycles. The number of aliphatic imine (C=N–C) groups is 1. The van der Waals surface area contributed by atoms with Crippen LogP contribution in [0.5, 0.6) is 0 Å². The first-order chi connectivity index (χ1) is 12.5. The van der Waals surface area contributed by atoms with Crippen molar-refractivity contribution in [2.75, 3.05) is 40.8 Å². The zero-order valence-electron chi connectivity index (χ0n) is 16.8. The summed E-state index contributed by atoms with van der Waals surface area (Å²) in [6, 6.07) is 7.92. The summed E-state index contributed by atoms with van der Waals surface area (Å²) in [5, 5.41) is 3.52. The number of guanidine groups is 1. The molecule has 5 nitrogen and oxygen atoms in total. The van der Waals surface area contributed by atoms with Crippen LogP contribution in [0.25, 0.3) is 0 Å². The number of rotatable bonds is 4. The number of nitrogens with one attached hydrogen (secondary N) is 1. The predicted molar refractivity (Wildman–Crippen MR) is 122 cm³/mol. The van der Waals surface area contributed by atoms with E-state index in [4.69, 9.17) is 0 Å². The standard InChI is InChI=1S/C21H32N4O.HI/c1-22-20(25-14-12-21(16-25)10-4-5-11-21)23-13-9-17-7-6-8-18(15-17)19(26)24(2)3;/h6-8,15H,4-5,9-14,16H2,1-3H3,(H,22,23);1H. The van der Waals surface area contributed by atoms with Gasteiger partial charge in [-0.05, 0) is 48.8 Å². The third-order valence-electron chi connectivity index (χ3n) is 5.89. The first-order valence-corrected chi connectivity index (χ1v) is 9.79. The number of carbonyl (C=O) groups is 1. The van der Waals surface area contributed by atoms with E-state index in [0.717, 1.165) is 37.6 Å². The van der Waals surface area contributed by atoms with E-state index in [9.17, 15) is 4.79 Å². The molecule has 2 aliphatic rings. The molecule has 1 aliphatic carbocycles. The second-order valence-electron chi connectivity index (χ2n) is 8.00. The lowest BCUT2D eigenvalue weighted by Crippen LogP contribution is -2.41. The van der Waals surface area contributed by atoms with E-state index < -0.39 is 0 Å². The molecule has 150 valence electrons. The van der Waals surface area contributed by atoms with Gasteiger partial charge >= 0.3 is 0 Å². The lowest BCUT2D eigenvalue weighted by Gasteiger charge is -2.26. The maximum atomic E-state index is 12.1. The second kappa shape index (κ2) is 9.75. The molecule has 27 heavy (non-hydrogen) atoms. The molecule has 1 spiro atoms. The zero-order valence-corrected chi connectivity index (χ0v) is 19.2. The van der Waals surface area contributed by atoms with E-state index in [0.29, 0.717) is 5.41 Å². The van der Waals surface area contributed by atoms with Gasteiger partial charge in [0.15, 0.2) is 5.96 Å². The molecule has 1 N–H and O–H groups in total. The fourth-order valence-electron chi connectivity index (χ4n) is 4.42. The van der Waals surface area contributed by atoms with Crippen LogP contribution in [-0.2, 0) is 6.42 Å². The average Bonchev–Trinajstić information content (AvgIpc) is 3.28. The van der Waals surface area contributed by atoms with Crippen molar-refractivity contribution in [2.45, 2.75) is 38.5 Å². The van der Waals surface area contributed by atoms with Gasteiger partial charge in [-0.3, -0.25) is 9.79 Å². The maximum Gasteiger partial charge on any atom is 0.253 e. The van der Waals surface area contributed by atoms with Gasteiger partial charge in [0.05, 0.1) is 0 Å². The first-order valence-electron chi connectivity index (χ1n) is 9.79. The van der Waals surface area contributed by atoms with E-state index in [1.165, 1.54) is 37.7 Å². The summed E-state index contributed by atoms with van der Waals surface area (Å²) in [4.78, 5) is 20.6. The predicted octanol–water partition coefficient (Wildman–Crippen LogP) is 3.39. The SMILES string of the molecule is CN=C(NCCc1cccc(C(=O)N(C)C)c1)N1CCC2(CCCC2)C1.I. The summed E-state index contributed by atoms with van der Waals surface area (Å²) >= 11 is 0. The van der Waals surface area contributed by atoms with Gasteiger partial charge in [0.1, 0.15) is 0 Å². The molecule has 1 amide bonds. The van der Waals surface area contributed by atoms with E-state index in [-0.39, 0.29) is 29.9 Å². The fourth-order valence-corrected chi connectivity index (χ4v) is 4.42. The highest BCUT2D eigenvalue weighted by molar-refractivity contribution is 14.0. The van der Waals surface area contributed by atoms with Crippen molar-refractivity contribution < 1.29 is 4.79 Å². The number of amides is 1. The Labute approximate surface area is 180 Å². The molecule has 1 aromatic rings. The van der Waals surface area contributed by atoms with E-state index in [1.807, 2.05) is 25.2 Å². The minimum atomic E-state index is 0. The van der Waals surface area contributed by atoms with Gasteiger partial charge in [0, 0.05) is 46.3 Å². The molecule has 1 saturated heterocycles. The van der Waals surface area contributed by atoms with Gasteiger partial charge in [-0.15, -0.1) is 24.0 Å². The van der Waals surface area contributed by atoms with Crippen molar-refractivity contribution in [1.29, 1.82) is 0 Å². The maximum absolute atomic E-state index is 12.1. The van der Waals surface area contributed by atoms with Crippen molar-refractivity contribution in [3.05, 3.63) is 35.4 Å². The van der Waals surface area contributed by atoms with E-state index >= 15 is 0 Å². The highest BCUT2D eigenvalue weighted by Gasteiger charge is 2.40. The second-order valence-corrected chi connectivity index (χ2v) is 8.00. The molecule has 0 radical (unpaired) electrons. The van der Waals surface area contributed by atoms with Crippen molar-refractivity contribution >= 4 is 35.8 Å². The minimum absolute atomic E-state index is 0. The average molecular weight is 484 g/mol. The Bertz CT molecular complexity index is 668. The molecule has 1 aliphatic heterocycles. The molecule has 0 aromatic heterocycles. The number of hydrogen-bond donors (Lipinski definition) is 1. The monoisotopic (exact) mass is 484 g/mol. The number of carbonyl (C=O) groups excluding carboxylic acids is 1. The summed E-state index contributed by atoms with van der Waals surface area (Å²) in [7, 11) is 5.44. The molecular weight excluding hydrogens is 451 g/mol. The molecule has 2 fully saturated rings. The summed E-state index contributed by atoms with van der Waals surface area (Å²) < 4.78 is 0. The van der Waals surface area contributed by atoms with Crippen LogP contribution in [0.1, 0.15) is 48.0 Å². The van der Waals surface area contributed by atoms with E-state index in [2.05, 4.69) is 21.3 Å². The lowest BCUT2D eigenvalue weighted by molar-refractivity contribution is 0.0827. The Kier molecular flexibility index (Phi) is 7.94. The minimum Gasteiger partial charge on any atom is -0.356 e.